The topological polar surface area (TPSA) is 92.8 Å². The van der Waals surface area contributed by atoms with Crippen molar-refractivity contribution in [2.45, 2.75) is 49.9 Å². The average Bonchev–Trinajstić information content (AvgIpc) is 3.15. The lowest BCUT2D eigenvalue weighted by molar-refractivity contribution is -0.131. The molecule has 0 saturated heterocycles. The Morgan fingerprint density at radius 2 is 1.94 bits per heavy atom. The summed E-state index contributed by atoms with van der Waals surface area (Å²) in [7, 11) is -2.81. The van der Waals surface area contributed by atoms with Gasteiger partial charge >= 0.3 is 5.97 Å². The van der Waals surface area contributed by atoms with Crippen LogP contribution in [0.4, 0.5) is 8.78 Å². The lowest BCUT2D eigenvalue weighted by atomic mass is 10.0. The van der Waals surface area contributed by atoms with Gasteiger partial charge in [0.05, 0.1) is 25.6 Å². The van der Waals surface area contributed by atoms with Gasteiger partial charge in [-0.2, -0.15) is 0 Å². The number of rotatable bonds is 7. The van der Waals surface area contributed by atoms with Crippen molar-refractivity contribution in [2.24, 2.45) is 0 Å². The van der Waals surface area contributed by atoms with E-state index in [1.165, 1.54) is 18.1 Å². The number of hydrogen-bond donors (Lipinski definition) is 1. The summed E-state index contributed by atoms with van der Waals surface area (Å²) in [5.74, 6) is -2.86. The second-order valence-electron chi connectivity index (χ2n) is 7.53. The van der Waals surface area contributed by atoms with E-state index in [4.69, 9.17) is 4.74 Å². The fraction of sp³-hybridized carbons (Fsp3) is 0.429. The van der Waals surface area contributed by atoms with E-state index in [-0.39, 0.29) is 40.9 Å². The number of sulfonamides is 1. The zero-order valence-electron chi connectivity index (χ0n) is 17.9. The maximum absolute atomic E-state index is 13.9. The average molecular weight is 487 g/mol. The minimum absolute atomic E-state index is 0.0180. The molecule has 174 valence electrons. The Bertz CT molecular complexity index is 1130. The summed E-state index contributed by atoms with van der Waals surface area (Å²) in [6, 6.07) is 3.06. The third kappa shape index (κ3) is 4.84. The van der Waals surface area contributed by atoms with Crippen LogP contribution in [0.5, 0.6) is 0 Å². The summed E-state index contributed by atoms with van der Waals surface area (Å²) in [5, 5.41) is 0. The molecule has 0 aliphatic carbocycles. The molecule has 32 heavy (non-hydrogen) atoms. The van der Waals surface area contributed by atoms with Gasteiger partial charge in [0.15, 0.2) is 0 Å². The summed E-state index contributed by atoms with van der Waals surface area (Å²) in [6.07, 6.45) is 0.331. The molecule has 1 atom stereocenters. The molecule has 1 N–H and O–H groups in total. The summed E-state index contributed by atoms with van der Waals surface area (Å²) < 4.78 is 60.9. The van der Waals surface area contributed by atoms with Gasteiger partial charge in [0, 0.05) is 23.0 Å². The van der Waals surface area contributed by atoms with Crippen LogP contribution in [-0.4, -0.2) is 44.9 Å². The van der Waals surface area contributed by atoms with Gasteiger partial charge in [0.25, 0.3) is 10.0 Å². The predicted molar refractivity (Wildman–Crippen MR) is 115 cm³/mol. The van der Waals surface area contributed by atoms with Gasteiger partial charge in [0.1, 0.15) is 15.8 Å². The Balaban J connectivity index is 1.91. The lowest BCUT2D eigenvalue weighted by Crippen LogP contribution is -2.37. The van der Waals surface area contributed by atoms with Crippen molar-refractivity contribution in [3.05, 3.63) is 51.4 Å². The molecular weight excluding hydrogens is 462 g/mol. The number of methoxy groups -OCH3 is 1. The van der Waals surface area contributed by atoms with Crippen LogP contribution >= 0.6 is 11.3 Å². The first kappa shape index (κ1) is 24.3. The van der Waals surface area contributed by atoms with E-state index in [1.807, 2.05) is 6.92 Å². The third-order valence-corrected chi connectivity index (χ3v) is 8.69. The van der Waals surface area contributed by atoms with Crippen molar-refractivity contribution in [1.29, 1.82) is 0 Å². The van der Waals surface area contributed by atoms with Gasteiger partial charge in [-0.15, -0.1) is 11.3 Å². The molecule has 0 radical (unpaired) electrons. The van der Waals surface area contributed by atoms with Crippen LogP contribution in [0.2, 0.25) is 0 Å². The molecule has 11 heteroatoms. The zero-order chi connectivity index (χ0) is 23.6. The quantitative estimate of drug-likeness (QED) is 0.608. The van der Waals surface area contributed by atoms with E-state index in [1.54, 1.807) is 6.92 Å². The van der Waals surface area contributed by atoms with E-state index in [2.05, 4.69) is 4.72 Å². The van der Waals surface area contributed by atoms with Crippen LogP contribution in [-0.2, 0) is 38.9 Å². The van der Waals surface area contributed by atoms with Crippen LogP contribution in [0, 0.1) is 11.6 Å². The maximum atomic E-state index is 13.9. The first-order valence-corrected chi connectivity index (χ1v) is 12.3. The molecule has 1 aromatic carbocycles. The number of nitrogens with one attached hydrogen (secondary N) is 1. The van der Waals surface area contributed by atoms with Crippen molar-refractivity contribution >= 4 is 33.2 Å². The minimum atomic E-state index is -3.98. The van der Waals surface area contributed by atoms with E-state index in [9.17, 15) is 26.8 Å². The van der Waals surface area contributed by atoms with E-state index >= 15 is 0 Å². The molecule has 1 aliphatic heterocycles. The molecule has 0 spiro atoms. The molecule has 1 aliphatic rings. The predicted octanol–water partition coefficient (Wildman–Crippen LogP) is 3.02. The monoisotopic (exact) mass is 486 g/mol. The zero-order valence-corrected chi connectivity index (χ0v) is 19.5. The Labute approximate surface area is 189 Å². The molecule has 1 amide bonds. The number of carbonyl (C=O) groups excluding carboxylic acids is 2. The summed E-state index contributed by atoms with van der Waals surface area (Å²) in [5.41, 5.74) is 0.189. The number of ether oxygens (including phenoxy) is 1. The van der Waals surface area contributed by atoms with E-state index < -0.39 is 40.0 Å². The normalized spacial score (nSPS) is 14.7. The minimum Gasteiger partial charge on any atom is -0.465 e. The number of hydrogen-bond acceptors (Lipinski definition) is 6. The van der Waals surface area contributed by atoms with Gasteiger partial charge in [0.2, 0.25) is 5.91 Å². The van der Waals surface area contributed by atoms with E-state index in [0.29, 0.717) is 16.9 Å². The summed E-state index contributed by atoms with van der Waals surface area (Å²) in [4.78, 5) is 27.1. The van der Waals surface area contributed by atoms with Gasteiger partial charge in [-0.3, -0.25) is 4.79 Å². The van der Waals surface area contributed by atoms with Crippen LogP contribution in [0.25, 0.3) is 0 Å². The van der Waals surface area contributed by atoms with Crippen LogP contribution < -0.4 is 4.72 Å². The van der Waals surface area contributed by atoms with Crippen LogP contribution in [0.3, 0.4) is 0 Å². The molecule has 0 saturated carbocycles. The first-order valence-electron chi connectivity index (χ1n) is 10.0. The van der Waals surface area contributed by atoms with Crippen LogP contribution in [0.1, 0.15) is 46.6 Å². The molecule has 1 unspecified atom stereocenters. The number of fused-ring (bicyclic) bond motifs is 1. The largest absolute Gasteiger partial charge is 0.465 e. The molecule has 2 aromatic rings. The first-order chi connectivity index (χ1) is 15.1. The molecule has 0 bridgehead atoms. The number of thiophene rings is 1. The number of amides is 1. The maximum Gasteiger partial charge on any atom is 0.340 e. The fourth-order valence-electron chi connectivity index (χ4n) is 3.46. The second kappa shape index (κ2) is 9.63. The van der Waals surface area contributed by atoms with Crippen molar-refractivity contribution < 1.29 is 31.5 Å². The Morgan fingerprint density at radius 1 is 1.28 bits per heavy atom. The molecular formula is C21H24F2N2O5S2. The number of nitrogens with zero attached hydrogens (tertiary/aromatic N) is 1. The molecule has 7 nitrogen and oxygen atoms in total. The molecule has 3 rings (SSSR count). The highest BCUT2D eigenvalue weighted by Crippen LogP contribution is 2.37. The highest BCUT2D eigenvalue weighted by molar-refractivity contribution is 7.91. The number of esters is 1. The molecule has 1 aromatic heterocycles. The van der Waals surface area contributed by atoms with Crippen LogP contribution in [0.15, 0.2) is 22.4 Å². The van der Waals surface area contributed by atoms with Gasteiger partial charge in [-0.05, 0) is 37.5 Å². The summed E-state index contributed by atoms with van der Waals surface area (Å²) in [6.45, 7) is 3.76. The van der Waals surface area contributed by atoms with Gasteiger partial charge < -0.3 is 9.64 Å². The highest BCUT2D eigenvalue weighted by Gasteiger charge is 2.35. The van der Waals surface area contributed by atoms with Gasteiger partial charge in [-0.1, -0.05) is 13.0 Å². The number of halogens is 2. The van der Waals surface area contributed by atoms with Crippen molar-refractivity contribution in [3.63, 3.8) is 0 Å². The van der Waals surface area contributed by atoms with Crippen molar-refractivity contribution in [1.82, 2.24) is 9.62 Å². The Kier molecular flexibility index (Phi) is 7.31. The Hall–Kier alpha value is -2.37. The molecule has 0 fully saturated rings. The highest BCUT2D eigenvalue weighted by atomic mass is 32.2. The second-order valence-corrected chi connectivity index (χ2v) is 10.5. The standard InChI is InChI=1S/C21H24F2N2O5S2/c1-4-12(2)24-32(28,29)21-19(20(27)30-3)13-8-9-25(11-17(13)31-21)18(26)10-14-15(22)6-5-7-16(14)23/h5-7,12,24H,4,8-11H2,1-3H3. The lowest BCUT2D eigenvalue weighted by Gasteiger charge is -2.27. The summed E-state index contributed by atoms with van der Waals surface area (Å²) >= 11 is 0.905. The Morgan fingerprint density at radius 3 is 2.53 bits per heavy atom. The van der Waals surface area contributed by atoms with E-state index in [0.717, 1.165) is 23.5 Å². The smallest absolute Gasteiger partial charge is 0.340 e. The SMILES string of the molecule is CCC(C)NS(=O)(=O)c1sc2c(c1C(=O)OC)CCN(C(=O)Cc1c(F)cccc1F)C2. The van der Waals surface area contributed by atoms with Crippen molar-refractivity contribution in [3.8, 4) is 0 Å². The third-order valence-electron chi connectivity index (χ3n) is 5.37. The van der Waals surface area contributed by atoms with Gasteiger partial charge in [-0.25, -0.2) is 26.7 Å². The number of carbonyl (C=O) groups is 2. The van der Waals surface area contributed by atoms with Crippen molar-refractivity contribution in [2.75, 3.05) is 13.7 Å². The fourth-order valence-corrected chi connectivity index (χ4v) is 6.70. The number of benzene rings is 1. The molecule has 2 heterocycles.